The average Bonchev–Trinajstić information content (AvgIpc) is 2.95. The smallest absolute Gasteiger partial charge is 0.362 e. The number of nitrogens with zero attached hydrogens (tertiary/aromatic N) is 2. The lowest BCUT2D eigenvalue weighted by Crippen LogP contribution is -2.20. The van der Waals surface area contributed by atoms with Crippen molar-refractivity contribution in [1.82, 2.24) is 4.98 Å². The van der Waals surface area contributed by atoms with E-state index in [1.165, 1.54) is 11.3 Å². The maximum absolute atomic E-state index is 12.0. The minimum absolute atomic E-state index is 0.0116. The van der Waals surface area contributed by atoms with Gasteiger partial charge in [-0.25, -0.2) is 9.78 Å². The van der Waals surface area contributed by atoms with Crippen LogP contribution in [0.4, 0.5) is 5.13 Å². The molecule has 6 nitrogen and oxygen atoms in total. The van der Waals surface area contributed by atoms with E-state index in [1.54, 1.807) is 12.3 Å². The zero-order valence-electron chi connectivity index (χ0n) is 12.4. The Labute approximate surface area is 132 Å². The number of anilines is 1. The first-order chi connectivity index (χ1) is 10.6. The molecule has 2 N–H and O–H groups in total. The standard InChI is InChI=1S/C15H17N3O3S/c1-3-20-14(19)13(12-9-22-15(16)17-12)18-21-10(2)11-7-5-4-6-8-11/h4-10H,3H2,1-2H3,(H2,16,17)/b18-13-/t10-/m1/s1. The van der Waals surface area contributed by atoms with Crippen LogP contribution >= 0.6 is 11.3 Å². The fraction of sp³-hybridized carbons (Fsp3) is 0.267. The Morgan fingerprint density at radius 1 is 1.41 bits per heavy atom. The van der Waals surface area contributed by atoms with E-state index in [9.17, 15) is 4.79 Å². The van der Waals surface area contributed by atoms with Gasteiger partial charge in [-0.2, -0.15) is 0 Å². The summed E-state index contributed by atoms with van der Waals surface area (Å²) in [4.78, 5) is 21.5. The molecule has 1 aromatic heterocycles. The predicted octanol–water partition coefficient (Wildman–Crippen LogP) is 2.77. The van der Waals surface area contributed by atoms with Gasteiger partial charge >= 0.3 is 5.97 Å². The van der Waals surface area contributed by atoms with Gasteiger partial charge in [0, 0.05) is 5.38 Å². The summed E-state index contributed by atoms with van der Waals surface area (Å²) in [6.07, 6.45) is -0.304. The summed E-state index contributed by atoms with van der Waals surface area (Å²) in [6, 6.07) is 9.58. The zero-order valence-corrected chi connectivity index (χ0v) is 13.2. The highest BCUT2D eigenvalue weighted by Crippen LogP contribution is 2.18. The third-order valence-corrected chi connectivity index (χ3v) is 3.48. The van der Waals surface area contributed by atoms with Crippen LogP contribution in [-0.2, 0) is 14.4 Å². The Balaban J connectivity index is 2.19. The van der Waals surface area contributed by atoms with Gasteiger partial charge < -0.3 is 15.3 Å². The predicted molar refractivity (Wildman–Crippen MR) is 85.6 cm³/mol. The first kappa shape index (κ1) is 16.0. The number of esters is 1. The van der Waals surface area contributed by atoms with Crippen LogP contribution in [0.2, 0.25) is 0 Å². The van der Waals surface area contributed by atoms with Gasteiger partial charge in [0.25, 0.3) is 0 Å². The van der Waals surface area contributed by atoms with Crippen molar-refractivity contribution in [3.05, 3.63) is 47.0 Å². The van der Waals surface area contributed by atoms with Crippen LogP contribution in [0.15, 0.2) is 40.9 Å². The lowest BCUT2D eigenvalue weighted by atomic mass is 10.1. The van der Waals surface area contributed by atoms with E-state index in [1.807, 2.05) is 37.3 Å². The van der Waals surface area contributed by atoms with E-state index >= 15 is 0 Å². The number of hydrogen-bond acceptors (Lipinski definition) is 7. The maximum Gasteiger partial charge on any atom is 0.362 e. The molecule has 1 heterocycles. The zero-order chi connectivity index (χ0) is 15.9. The summed E-state index contributed by atoms with van der Waals surface area (Å²) in [5.41, 5.74) is 6.91. The van der Waals surface area contributed by atoms with Gasteiger partial charge in [-0.3, -0.25) is 0 Å². The molecule has 0 bridgehead atoms. The summed E-state index contributed by atoms with van der Waals surface area (Å²) < 4.78 is 4.98. The van der Waals surface area contributed by atoms with Crippen molar-refractivity contribution >= 4 is 28.1 Å². The molecule has 2 rings (SSSR count). The Bertz CT molecular complexity index is 655. The van der Waals surface area contributed by atoms with Crippen LogP contribution in [0.1, 0.15) is 31.2 Å². The molecule has 0 amide bonds. The quantitative estimate of drug-likeness (QED) is 0.502. The second-order valence-corrected chi connectivity index (χ2v) is 5.28. The highest BCUT2D eigenvalue weighted by Gasteiger charge is 2.20. The molecule has 0 aliphatic rings. The second-order valence-electron chi connectivity index (χ2n) is 4.39. The molecule has 0 unspecified atom stereocenters. The number of benzene rings is 1. The molecular weight excluding hydrogens is 302 g/mol. The van der Waals surface area contributed by atoms with Gasteiger partial charge in [-0.1, -0.05) is 35.5 Å². The molecule has 0 radical (unpaired) electrons. The number of oxime groups is 1. The van der Waals surface area contributed by atoms with E-state index in [-0.39, 0.29) is 18.4 Å². The Kier molecular flexibility index (Phi) is 5.48. The van der Waals surface area contributed by atoms with Crippen LogP contribution < -0.4 is 5.73 Å². The number of thiazole rings is 1. The van der Waals surface area contributed by atoms with Crippen molar-refractivity contribution < 1.29 is 14.4 Å². The van der Waals surface area contributed by atoms with Crippen molar-refractivity contribution in [2.45, 2.75) is 20.0 Å². The lowest BCUT2D eigenvalue weighted by molar-refractivity contribution is -0.135. The molecule has 0 aliphatic heterocycles. The van der Waals surface area contributed by atoms with Gasteiger partial charge in [-0.15, -0.1) is 11.3 Å². The summed E-state index contributed by atoms with van der Waals surface area (Å²) >= 11 is 1.22. The van der Waals surface area contributed by atoms with E-state index in [0.29, 0.717) is 10.8 Å². The van der Waals surface area contributed by atoms with E-state index in [0.717, 1.165) is 5.56 Å². The third-order valence-electron chi connectivity index (χ3n) is 2.80. The number of hydrogen-bond donors (Lipinski definition) is 1. The van der Waals surface area contributed by atoms with Crippen molar-refractivity contribution in [2.24, 2.45) is 5.16 Å². The Morgan fingerprint density at radius 3 is 2.73 bits per heavy atom. The topological polar surface area (TPSA) is 86.8 Å². The molecule has 116 valence electrons. The molecule has 0 saturated heterocycles. The van der Waals surface area contributed by atoms with Crippen LogP contribution in [0.5, 0.6) is 0 Å². The number of aromatic nitrogens is 1. The largest absolute Gasteiger partial charge is 0.461 e. The Hall–Kier alpha value is -2.41. The van der Waals surface area contributed by atoms with E-state index < -0.39 is 5.97 Å². The first-order valence-corrected chi connectivity index (χ1v) is 7.67. The summed E-state index contributed by atoms with van der Waals surface area (Å²) in [5.74, 6) is -0.590. The van der Waals surface area contributed by atoms with Crippen molar-refractivity contribution in [1.29, 1.82) is 0 Å². The minimum atomic E-state index is -0.590. The van der Waals surface area contributed by atoms with Gasteiger partial charge in [0.2, 0.25) is 5.71 Å². The molecule has 0 spiro atoms. The molecule has 1 atom stereocenters. The van der Waals surface area contributed by atoms with Crippen molar-refractivity contribution in [3.63, 3.8) is 0 Å². The molecular formula is C15H17N3O3S. The molecule has 0 aliphatic carbocycles. The summed E-state index contributed by atoms with van der Waals surface area (Å²) in [6.45, 7) is 3.81. The second kappa shape index (κ2) is 7.56. The minimum Gasteiger partial charge on any atom is -0.461 e. The first-order valence-electron chi connectivity index (χ1n) is 6.79. The Morgan fingerprint density at radius 2 is 2.14 bits per heavy atom. The number of carbonyl (C=O) groups excluding carboxylic acids is 1. The molecule has 22 heavy (non-hydrogen) atoms. The average molecular weight is 319 g/mol. The van der Waals surface area contributed by atoms with E-state index in [2.05, 4.69) is 10.1 Å². The highest BCUT2D eigenvalue weighted by molar-refractivity contribution is 7.13. The maximum atomic E-state index is 12.0. The normalized spacial score (nSPS) is 12.7. The molecule has 0 saturated carbocycles. The highest BCUT2D eigenvalue weighted by atomic mass is 32.1. The SMILES string of the molecule is CCOC(=O)/C(=N\O[C@H](C)c1ccccc1)c1csc(N)n1. The molecule has 1 aromatic carbocycles. The third kappa shape index (κ3) is 4.05. The number of ether oxygens (including phenoxy) is 1. The van der Waals surface area contributed by atoms with Crippen LogP contribution in [0.3, 0.4) is 0 Å². The van der Waals surface area contributed by atoms with Gasteiger partial charge in [0.15, 0.2) is 5.13 Å². The number of nitrogen functional groups attached to an aromatic ring is 1. The molecule has 7 heteroatoms. The molecule has 0 fully saturated rings. The van der Waals surface area contributed by atoms with Gasteiger partial charge in [-0.05, 0) is 19.4 Å². The van der Waals surface area contributed by atoms with Gasteiger partial charge in [0.05, 0.1) is 6.61 Å². The van der Waals surface area contributed by atoms with Crippen LogP contribution in [-0.4, -0.2) is 23.3 Å². The van der Waals surface area contributed by atoms with Crippen LogP contribution in [0, 0.1) is 0 Å². The summed E-state index contributed by atoms with van der Waals surface area (Å²) in [5, 5.41) is 5.92. The number of nitrogens with two attached hydrogens (primary N) is 1. The number of carbonyl (C=O) groups is 1. The molecule has 2 aromatic rings. The van der Waals surface area contributed by atoms with Crippen molar-refractivity contribution in [3.8, 4) is 0 Å². The fourth-order valence-electron chi connectivity index (χ4n) is 1.70. The van der Waals surface area contributed by atoms with E-state index in [4.69, 9.17) is 15.3 Å². The van der Waals surface area contributed by atoms with Crippen molar-refractivity contribution in [2.75, 3.05) is 12.3 Å². The summed E-state index contributed by atoms with van der Waals surface area (Å²) in [7, 11) is 0. The lowest BCUT2D eigenvalue weighted by Gasteiger charge is -2.11. The fourth-order valence-corrected chi connectivity index (χ4v) is 2.25. The number of rotatable bonds is 6. The monoisotopic (exact) mass is 319 g/mol. The van der Waals surface area contributed by atoms with Gasteiger partial charge in [0.1, 0.15) is 11.8 Å². The van der Waals surface area contributed by atoms with Crippen LogP contribution in [0.25, 0.3) is 0 Å².